The molecule has 0 bridgehead atoms. The van der Waals surface area contributed by atoms with Crippen LogP contribution in [0.3, 0.4) is 0 Å². The van der Waals surface area contributed by atoms with E-state index in [-0.39, 0.29) is 18.6 Å². The summed E-state index contributed by atoms with van der Waals surface area (Å²) in [7, 11) is 1.56. The minimum Gasteiger partial charge on any atom is -0.491 e. The number of benzene rings is 3. The number of amides is 1. The first-order chi connectivity index (χ1) is 19.1. The second-order valence-corrected chi connectivity index (χ2v) is 11.4. The van der Waals surface area contributed by atoms with Gasteiger partial charge in [-0.2, -0.15) is 0 Å². The van der Waals surface area contributed by atoms with Gasteiger partial charge in [0, 0.05) is 34.7 Å². The monoisotopic (exact) mass is 561 g/mol. The Morgan fingerprint density at radius 1 is 1.12 bits per heavy atom. The van der Waals surface area contributed by atoms with Crippen molar-refractivity contribution < 1.29 is 19.7 Å². The highest BCUT2D eigenvalue weighted by Crippen LogP contribution is 2.38. The fourth-order valence-corrected chi connectivity index (χ4v) is 5.88. The van der Waals surface area contributed by atoms with E-state index in [1.54, 1.807) is 19.2 Å². The van der Waals surface area contributed by atoms with Gasteiger partial charge in [0.2, 0.25) is 0 Å². The van der Waals surface area contributed by atoms with Gasteiger partial charge in [-0.1, -0.05) is 35.4 Å². The second-order valence-electron chi connectivity index (χ2n) is 11.0. The number of hydrogen-bond donors (Lipinski definition) is 5. The van der Waals surface area contributed by atoms with Crippen LogP contribution < -0.4 is 15.4 Å². The maximum atomic E-state index is 12.1. The lowest BCUT2D eigenvalue weighted by Gasteiger charge is -2.39. The van der Waals surface area contributed by atoms with Crippen molar-refractivity contribution in [2.24, 2.45) is 0 Å². The molecule has 0 fully saturated rings. The molecule has 5 rings (SSSR count). The third-order valence-corrected chi connectivity index (χ3v) is 8.02. The van der Waals surface area contributed by atoms with Gasteiger partial charge < -0.3 is 25.3 Å². The maximum Gasteiger partial charge on any atom is 0.252 e. The lowest BCUT2D eigenvalue weighted by molar-refractivity contribution is 0.0479. The van der Waals surface area contributed by atoms with Crippen molar-refractivity contribution in [1.29, 1.82) is 0 Å². The molecular formula is C32H36ClN3O4. The molecule has 210 valence electrons. The van der Waals surface area contributed by atoms with Crippen LogP contribution in [0.15, 0.2) is 54.6 Å². The normalized spacial score (nSPS) is 17.6. The van der Waals surface area contributed by atoms with Gasteiger partial charge in [-0.25, -0.2) is 0 Å². The molecular weight excluding hydrogens is 526 g/mol. The molecule has 1 aromatic heterocycles. The summed E-state index contributed by atoms with van der Waals surface area (Å²) in [6.45, 7) is 5.82. The van der Waals surface area contributed by atoms with Crippen LogP contribution in [0, 0.1) is 6.92 Å². The molecule has 1 heterocycles. The van der Waals surface area contributed by atoms with E-state index in [1.165, 1.54) is 16.8 Å². The molecule has 2 atom stereocenters. The van der Waals surface area contributed by atoms with Crippen LogP contribution in [0.2, 0.25) is 5.02 Å². The molecule has 1 aliphatic rings. The van der Waals surface area contributed by atoms with E-state index in [0.29, 0.717) is 34.7 Å². The van der Waals surface area contributed by atoms with Crippen LogP contribution >= 0.6 is 11.6 Å². The molecule has 2 unspecified atom stereocenters. The molecule has 1 amide bonds. The highest BCUT2D eigenvalue weighted by molar-refractivity contribution is 6.34. The molecule has 0 radical (unpaired) electrons. The van der Waals surface area contributed by atoms with Crippen LogP contribution in [0.1, 0.15) is 59.2 Å². The first-order valence-corrected chi connectivity index (χ1v) is 14.0. The SMILES string of the molecule is CNC(=O)c1ccc(-c2ccc(OC(C)C)c(C(O)NC3(CO)CCc4[nH]c5ccc(C)cc5c4C3)c2)cc1Cl. The summed E-state index contributed by atoms with van der Waals surface area (Å²) in [5.41, 5.74) is 6.48. The van der Waals surface area contributed by atoms with Crippen molar-refractivity contribution in [2.75, 3.05) is 13.7 Å². The molecule has 5 N–H and O–H groups in total. The Morgan fingerprint density at radius 3 is 2.58 bits per heavy atom. The number of halogens is 1. The van der Waals surface area contributed by atoms with E-state index in [2.05, 4.69) is 40.7 Å². The van der Waals surface area contributed by atoms with E-state index < -0.39 is 11.8 Å². The summed E-state index contributed by atoms with van der Waals surface area (Å²) in [6.07, 6.45) is 0.799. The predicted octanol–water partition coefficient (Wildman–Crippen LogP) is 5.44. The average molecular weight is 562 g/mol. The fraction of sp³-hybridized carbons (Fsp3) is 0.344. The number of rotatable bonds is 8. The predicted molar refractivity (Wildman–Crippen MR) is 159 cm³/mol. The molecule has 8 heteroatoms. The summed E-state index contributed by atoms with van der Waals surface area (Å²) in [4.78, 5) is 15.6. The Morgan fingerprint density at radius 2 is 1.88 bits per heavy atom. The molecule has 0 aliphatic heterocycles. The lowest BCUT2D eigenvalue weighted by atomic mass is 9.79. The molecule has 1 aliphatic carbocycles. The van der Waals surface area contributed by atoms with Crippen LogP contribution in [0.25, 0.3) is 22.0 Å². The van der Waals surface area contributed by atoms with Crippen LogP contribution in [0.5, 0.6) is 5.75 Å². The maximum absolute atomic E-state index is 12.1. The van der Waals surface area contributed by atoms with Crippen LogP contribution in [-0.2, 0) is 12.8 Å². The largest absolute Gasteiger partial charge is 0.491 e. The zero-order chi connectivity index (χ0) is 28.6. The Bertz CT molecular complexity index is 1560. The summed E-state index contributed by atoms with van der Waals surface area (Å²) >= 11 is 6.43. The van der Waals surface area contributed by atoms with Crippen molar-refractivity contribution in [2.45, 2.75) is 57.9 Å². The molecule has 40 heavy (non-hydrogen) atoms. The van der Waals surface area contributed by atoms with Crippen molar-refractivity contribution >= 4 is 28.4 Å². The van der Waals surface area contributed by atoms with Crippen LogP contribution in [-0.4, -0.2) is 46.4 Å². The van der Waals surface area contributed by atoms with E-state index in [1.807, 2.05) is 38.1 Å². The van der Waals surface area contributed by atoms with Gasteiger partial charge in [0.1, 0.15) is 12.0 Å². The van der Waals surface area contributed by atoms with Gasteiger partial charge >= 0.3 is 0 Å². The highest BCUT2D eigenvalue weighted by Gasteiger charge is 2.38. The van der Waals surface area contributed by atoms with Gasteiger partial charge in [0.25, 0.3) is 5.91 Å². The van der Waals surface area contributed by atoms with Gasteiger partial charge in [0.05, 0.1) is 23.3 Å². The number of aromatic amines is 1. The van der Waals surface area contributed by atoms with E-state index in [4.69, 9.17) is 16.3 Å². The Kier molecular flexibility index (Phi) is 7.93. The van der Waals surface area contributed by atoms with E-state index in [0.717, 1.165) is 28.5 Å². The zero-order valence-corrected chi connectivity index (χ0v) is 24.0. The van der Waals surface area contributed by atoms with E-state index in [9.17, 15) is 15.0 Å². The number of aliphatic hydroxyl groups is 2. The third kappa shape index (κ3) is 5.47. The van der Waals surface area contributed by atoms with Crippen molar-refractivity contribution in [3.05, 3.63) is 87.6 Å². The number of H-pyrrole nitrogens is 1. The highest BCUT2D eigenvalue weighted by atomic mass is 35.5. The Labute approximate surface area is 239 Å². The number of carbonyl (C=O) groups is 1. The zero-order valence-electron chi connectivity index (χ0n) is 23.3. The van der Waals surface area contributed by atoms with Crippen LogP contribution in [0.4, 0.5) is 0 Å². The van der Waals surface area contributed by atoms with Gasteiger partial charge in [-0.15, -0.1) is 0 Å². The van der Waals surface area contributed by atoms with Crippen molar-refractivity contribution in [3.8, 4) is 16.9 Å². The quantitative estimate of drug-likeness (QED) is 0.184. The molecule has 3 aromatic carbocycles. The molecule has 7 nitrogen and oxygen atoms in total. The number of nitrogens with one attached hydrogen (secondary N) is 3. The number of hydrogen-bond acceptors (Lipinski definition) is 5. The third-order valence-electron chi connectivity index (χ3n) is 7.71. The standard InChI is InChI=1S/C32H36ClN3O4/c1-18(2)40-29-10-7-20(21-6-8-22(26(33)15-21)30(38)34-4)14-24(29)31(39)36-32(17-37)12-11-28-25(16-32)23-13-19(3)5-9-27(23)35-28/h5-10,13-15,18,31,35-37,39H,11-12,16-17H2,1-4H3,(H,34,38). The van der Waals surface area contributed by atoms with Gasteiger partial charge in [-0.05, 0) is 93.1 Å². The smallest absolute Gasteiger partial charge is 0.252 e. The Hall–Kier alpha value is -3.36. The first-order valence-electron chi connectivity index (χ1n) is 13.6. The summed E-state index contributed by atoms with van der Waals surface area (Å²) < 4.78 is 6.07. The fourth-order valence-electron chi connectivity index (χ4n) is 5.61. The minimum atomic E-state index is -1.10. The molecule has 0 saturated carbocycles. The molecule has 0 spiro atoms. The van der Waals surface area contributed by atoms with E-state index >= 15 is 0 Å². The number of fused-ring (bicyclic) bond motifs is 3. The Balaban J connectivity index is 1.48. The first kappa shape index (κ1) is 28.2. The topological polar surface area (TPSA) is 107 Å². The van der Waals surface area contributed by atoms with Gasteiger partial charge in [-0.3, -0.25) is 10.1 Å². The number of aromatic nitrogens is 1. The number of ether oxygens (including phenoxy) is 1. The van der Waals surface area contributed by atoms with Crippen molar-refractivity contribution in [1.82, 2.24) is 15.6 Å². The summed E-state index contributed by atoms with van der Waals surface area (Å²) in [6, 6.07) is 17.2. The second kappa shape index (κ2) is 11.3. The summed E-state index contributed by atoms with van der Waals surface area (Å²) in [5, 5.41) is 29.7. The number of aryl methyl sites for hydroxylation is 2. The summed E-state index contributed by atoms with van der Waals surface area (Å²) in [5.74, 6) is 0.298. The molecule has 0 saturated heterocycles. The lowest BCUT2D eigenvalue weighted by Crippen LogP contribution is -2.53. The minimum absolute atomic E-state index is 0.100. The van der Waals surface area contributed by atoms with Crippen molar-refractivity contribution in [3.63, 3.8) is 0 Å². The average Bonchev–Trinajstić information content (AvgIpc) is 3.29. The van der Waals surface area contributed by atoms with Gasteiger partial charge in [0.15, 0.2) is 0 Å². The molecule has 4 aromatic rings. The number of aliphatic hydroxyl groups excluding tert-OH is 2. The number of carbonyl (C=O) groups excluding carboxylic acids is 1.